The van der Waals surface area contributed by atoms with Gasteiger partial charge in [-0.3, -0.25) is 4.79 Å². The Morgan fingerprint density at radius 2 is 2.26 bits per heavy atom. The molecule has 146 valence electrons. The molecule has 0 bridgehead atoms. The van der Waals surface area contributed by atoms with Gasteiger partial charge in [0.1, 0.15) is 17.6 Å². The van der Waals surface area contributed by atoms with Crippen LogP contribution in [0.1, 0.15) is 38.8 Å². The fourth-order valence-corrected chi connectivity index (χ4v) is 4.77. The predicted molar refractivity (Wildman–Crippen MR) is 108 cm³/mol. The highest BCUT2D eigenvalue weighted by Gasteiger charge is 2.46. The van der Waals surface area contributed by atoms with E-state index in [4.69, 9.17) is 5.26 Å². The van der Waals surface area contributed by atoms with Crippen LogP contribution in [-0.4, -0.2) is 64.2 Å². The quantitative estimate of drug-likeness (QED) is 0.852. The van der Waals surface area contributed by atoms with Gasteiger partial charge in [0.2, 0.25) is 5.91 Å². The largest absolute Gasteiger partial charge is 0.392 e. The molecule has 0 unspecified atom stereocenters. The first-order valence-corrected chi connectivity index (χ1v) is 10.7. The van der Waals surface area contributed by atoms with Crippen molar-refractivity contribution >= 4 is 23.5 Å². The van der Waals surface area contributed by atoms with Crippen LogP contribution < -0.4 is 4.90 Å². The minimum atomic E-state index is -0.416. The average Bonchev–Trinajstić information content (AvgIpc) is 2.68. The number of amides is 1. The van der Waals surface area contributed by atoms with Crippen molar-refractivity contribution in [2.75, 3.05) is 36.8 Å². The lowest BCUT2D eigenvalue weighted by molar-refractivity contribution is -0.135. The highest BCUT2D eigenvalue weighted by Crippen LogP contribution is 2.40. The zero-order valence-electron chi connectivity index (χ0n) is 16.1. The minimum Gasteiger partial charge on any atom is -0.392 e. The van der Waals surface area contributed by atoms with Gasteiger partial charge in [-0.05, 0) is 36.6 Å². The summed E-state index contributed by atoms with van der Waals surface area (Å²) in [5, 5.41) is 20.4. The molecule has 1 aromatic heterocycles. The second kappa shape index (κ2) is 8.49. The highest BCUT2D eigenvalue weighted by atomic mass is 32.2. The molecule has 1 aromatic rings. The molecule has 1 N–H and O–H groups in total. The molecular formula is C20H28N4O2S. The Labute approximate surface area is 165 Å². The van der Waals surface area contributed by atoms with E-state index in [9.17, 15) is 9.90 Å². The van der Waals surface area contributed by atoms with Gasteiger partial charge < -0.3 is 14.9 Å². The van der Waals surface area contributed by atoms with Gasteiger partial charge in [-0.25, -0.2) is 4.98 Å². The molecule has 3 rings (SSSR count). The topological polar surface area (TPSA) is 80.5 Å². The number of aliphatic hydroxyl groups excluding tert-OH is 1. The number of likely N-dealkylation sites (tertiary alicyclic amines) is 1. The molecule has 2 aliphatic rings. The Morgan fingerprint density at radius 1 is 1.44 bits per heavy atom. The molecule has 0 aromatic carbocycles. The summed E-state index contributed by atoms with van der Waals surface area (Å²) in [4.78, 5) is 21.1. The van der Waals surface area contributed by atoms with Gasteiger partial charge in [0.05, 0.1) is 11.9 Å². The second-order valence-corrected chi connectivity index (χ2v) is 9.42. The van der Waals surface area contributed by atoms with E-state index in [2.05, 4.69) is 29.8 Å². The molecular weight excluding hydrogens is 360 g/mol. The number of carbonyl (C=O) groups excluding carboxylic acids is 1. The molecule has 2 fully saturated rings. The smallest absolute Gasteiger partial charge is 0.232 e. The first-order chi connectivity index (χ1) is 12.9. The summed E-state index contributed by atoms with van der Waals surface area (Å²) in [5.74, 6) is 1.44. The number of carbonyl (C=O) groups is 1. The number of rotatable bonds is 4. The number of thioether (sulfide) groups is 1. The fourth-order valence-electron chi connectivity index (χ4n) is 4.11. The van der Waals surface area contributed by atoms with Gasteiger partial charge in [-0.15, -0.1) is 11.8 Å². The Balaban J connectivity index is 1.74. The van der Waals surface area contributed by atoms with Crippen LogP contribution in [-0.2, 0) is 4.79 Å². The molecule has 2 atom stereocenters. The lowest BCUT2D eigenvalue weighted by Gasteiger charge is -2.51. The van der Waals surface area contributed by atoms with Crippen molar-refractivity contribution in [2.24, 2.45) is 5.41 Å². The van der Waals surface area contributed by atoms with Crippen LogP contribution >= 0.6 is 11.8 Å². The summed E-state index contributed by atoms with van der Waals surface area (Å²) < 4.78 is 0. The Kier molecular flexibility index (Phi) is 6.28. The fraction of sp³-hybridized carbons (Fsp3) is 0.650. The number of pyridine rings is 1. The molecule has 1 amide bonds. The number of aromatic nitrogens is 1. The summed E-state index contributed by atoms with van der Waals surface area (Å²) in [6.45, 7) is 6.94. The Hall–Kier alpha value is -1.78. The van der Waals surface area contributed by atoms with Crippen LogP contribution in [0.5, 0.6) is 0 Å². The standard InChI is InChI=1S/C20H28N4O2S/c1-15(2)27-12-19(26)24-9-4-8-20(14-24)13-23(10-7-17(20)25)18-6-3-5-16(11-21)22-18/h3,5-6,15,17,25H,4,7-10,12-14H2,1-2H3/t17-,20-/m1/s1. The van der Waals surface area contributed by atoms with Crippen molar-refractivity contribution < 1.29 is 9.90 Å². The lowest BCUT2D eigenvalue weighted by atomic mass is 9.71. The number of anilines is 1. The van der Waals surface area contributed by atoms with Crippen LogP contribution in [0.15, 0.2) is 18.2 Å². The maximum absolute atomic E-state index is 12.6. The van der Waals surface area contributed by atoms with E-state index in [1.54, 1.807) is 17.8 Å². The van der Waals surface area contributed by atoms with Gasteiger partial charge in [-0.2, -0.15) is 5.26 Å². The van der Waals surface area contributed by atoms with E-state index in [1.807, 2.05) is 17.0 Å². The van der Waals surface area contributed by atoms with E-state index in [0.29, 0.717) is 42.8 Å². The number of hydrogen-bond donors (Lipinski definition) is 1. The first kappa shape index (κ1) is 20.0. The number of nitrogens with zero attached hydrogens (tertiary/aromatic N) is 4. The Bertz CT molecular complexity index is 720. The SMILES string of the molecule is CC(C)SCC(=O)N1CCC[C@]2(C1)CN(c1cccc(C#N)n1)CC[C@H]2O. The Morgan fingerprint density at radius 3 is 3.00 bits per heavy atom. The van der Waals surface area contributed by atoms with E-state index in [1.165, 1.54) is 0 Å². The van der Waals surface area contributed by atoms with Crippen molar-refractivity contribution in [1.82, 2.24) is 9.88 Å². The van der Waals surface area contributed by atoms with Gasteiger partial charge in [0, 0.05) is 31.6 Å². The maximum atomic E-state index is 12.6. The number of aliphatic hydroxyl groups is 1. The summed E-state index contributed by atoms with van der Waals surface area (Å²) in [6, 6.07) is 7.55. The molecule has 6 nitrogen and oxygen atoms in total. The molecule has 0 aliphatic carbocycles. The molecule has 1 spiro atoms. The van der Waals surface area contributed by atoms with Crippen molar-refractivity contribution in [3.63, 3.8) is 0 Å². The normalized spacial score (nSPS) is 25.7. The molecule has 0 radical (unpaired) electrons. The summed E-state index contributed by atoms with van der Waals surface area (Å²) in [5.41, 5.74) is 0.0812. The van der Waals surface area contributed by atoms with Crippen molar-refractivity contribution in [3.8, 4) is 6.07 Å². The lowest BCUT2D eigenvalue weighted by Crippen LogP contribution is -2.60. The molecule has 2 saturated heterocycles. The maximum Gasteiger partial charge on any atom is 0.232 e. The third-order valence-corrected chi connectivity index (χ3v) is 6.64. The van der Waals surface area contributed by atoms with E-state index in [-0.39, 0.29) is 11.3 Å². The van der Waals surface area contributed by atoms with Crippen LogP contribution in [0.25, 0.3) is 0 Å². The second-order valence-electron chi connectivity index (χ2n) is 7.86. The number of hydrogen-bond acceptors (Lipinski definition) is 6. The third kappa shape index (κ3) is 4.56. The summed E-state index contributed by atoms with van der Waals surface area (Å²) >= 11 is 1.67. The molecule has 3 heterocycles. The van der Waals surface area contributed by atoms with Gasteiger partial charge in [0.15, 0.2) is 0 Å². The van der Waals surface area contributed by atoms with Gasteiger partial charge in [0.25, 0.3) is 0 Å². The number of piperidine rings is 2. The molecule has 2 aliphatic heterocycles. The number of nitriles is 1. The van der Waals surface area contributed by atoms with E-state index in [0.717, 1.165) is 25.2 Å². The molecule has 0 saturated carbocycles. The third-order valence-electron chi connectivity index (χ3n) is 5.56. The highest BCUT2D eigenvalue weighted by molar-refractivity contribution is 8.00. The first-order valence-electron chi connectivity index (χ1n) is 9.63. The van der Waals surface area contributed by atoms with Crippen LogP contribution in [0.2, 0.25) is 0 Å². The van der Waals surface area contributed by atoms with Crippen molar-refractivity contribution in [3.05, 3.63) is 23.9 Å². The van der Waals surface area contributed by atoms with Gasteiger partial charge >= 0.3 is 0 Å². The molecule has 7 heteroatoms. The van der Waals surface area contributed by atoms with Crippen molar-refractivity contribution in [1.29, 1.82) is 5.26 Å². The van der Waals surface area contributed by atoms with Crippen LogP contribution in [0.3, 0.4) is 0 Å². The predicted octanol–water partition coefficient (Wildman–Crippen LogP) is 2.27. The zero-order valence-corrected chi connectivity index (χ0v) is 16.9. The van der Waals surface area contributed by atoms with Gasteiger partial charge in [-0.1, -0.05) is 19.9 Å². The van der Waals surface area contributed by atoms with E-state index < -0.39 is 6.10 Å². The van der Waals surface area contributed by atoms with Crippen molar-refractivity contribution in [2.45, 2.75) is 44.5 Å². The molecule has 27 heavy (non-hydrogen) atoms. The zero-order chi connectivity index (χ0) is 19.4. The van der Waals surface area contributed by atoms with Crippen LogP contribution in [0.4, 0.5) is 5.82 Å². The summed E-state index contributed by atoms with van der Waals surface area (Å²) in [7, 11) is 0. The minimum absolute atomic E-state index is 0.168. The average molecular weight is 389 g/mol. The summed E-state index contributed by atoms with van der Waals surface area (Å²) in [6.07, 6.45) is 2.06. The van der Waals surface area contributed by atoms with Crippen LogP contribution in [0, 0.1) is 16.7 Å². The monoisotopic (exact) mass is 388 g/mol. The van der Waals surface area contributed by atoms with E-state index >= 15 is 0 Å².